The van der Waals surface area contributed by atoms with E-state index in [-0.39, 0.29) is 11.8 Å². The predicted molar refractivity (Wildman–Crippen MR) is 114 cm³/mol. The van der Waals surface area contributed by atoms with Crippen molar-refractivity contribution in [3.8, 4) is 0 Å². The summed E-state index contributed by atoms with van der Waals surface area (Å²) in [5.74, 6) is 0.0538. The fraction of sp³-hybridized carbons (Fsp3) is 0.167. The van der Waals surface area contributed by atoms with Crippen LogP contribution in [0.25, 0.3) is 0 Å². The van der Waals surface area contributed by atoms with Crippen molar-refractivity contribution in [2.45, 2.75) is 19.3 Å². The summed E-state index contributed by atoms with van der Waals surface area (Å²) in [6, 6.07) is 25.9. The van der Waals surface area contributed by atoms with Gasteiger partial charge in [-0.05, 0) is 35.7 Å². The maximum atomic E-state index is 12.9. The number of carbonyl (C=O) groups excluding carboxylic acids is 1. The lowest BCUT2D eigenvalue weighted by atomic mass is 9.90. The van der Waals surface area contributed by atoms with Crippen LogP contribution in [0.3, 0.4) is 0 Å². The van der Waals surface area contributed by atoms with Gasteiger partial charge in [0.15, 0.2) is 0 Å². The van der Waals surface area contributed by atoms with Crippen LogP contribution >= 0.6 is 11.6 Å². The first-order valence-electron chi connectivity index (χ1n) is 9.35. The van der Waals surface area contributed by atoms with Crippen molar-refractivity contribution >= 4 is 23.2 Å². The third-order valence-electron chi connectivity index (χ3n) is 5.02. The van der Waals surface area contributed by atoms with Gasteiger partial charge in [-0.15, -0.1) is 0 Å². The largest absolute Gasteiger partial charge is 0.273 e. The van der Waals surface area contributed by atoms with Crippen LogP contribution in [0.15, 0.2) is 84.0 Å². The fourth-order valence-corrected chi connectivity index (χ4v) is 3.58. The molecule has 1 amide bonds. The highest BCUT2D eigenvalue weighted by Gasteiger charge is 2.32. The van der Waals surface area contributed by atoms with Crippen molar-refractivity contribution in [3.05, 3.63) is 106 Å². The van der Waals surface area contributed by atoms with Crippen molar-refractivity contribution < 1.29 is 4.79 Å². The van der Waals surface area contributed by atoms with Crippen molar-refractivity contribution in [3.63, 3.8) is 0 Å². The molecule has 4 heteroatoms. The number of hydrazone groups is 1. The second kappa shape index (κ2) is 7.99. The third kappa shape index (κ3) is 4.00. The highest BCUT2D eigenvalue weighted by atomic mass is 35.5. The molecule has 1 heterocycles. The van der Waals surface area contributed by atoms with Crippen LogP contribution in [0.1, 0.15) is 28.2 Å². The summed E-state index contributed by atoms with van der Waals surface area (Å²) in [5, 5.41) is 7.02. The smallest absolute Gasteiger partial charge is 0.247 e. The van der Waals surface area contributed by atoms with Crippen molar-refractivity contribution in [2.24, 2.45) is 5.10 Å². The SMILES string of the molecule is Cc1ccc(CC(=O)N2C[C@@H](c3ccccc3)C(c3ccc(Cl)cc3)=N2)cc1. The van der Waals surface area contributed by atoms with E-state index in [0.29, 0.717) is 18.0 Å². The van der Waals surface area contributed by atoms with Gasteiger partial charge in [-0.3, -0.25) is 4.79 Å². The molecule has 0 aliphatic carbocycles. The average molecular weight is 389 g/mol. The zero-order chi connectivity index (χ0) is 19.5. The lowest BCUT2D eigenvalue weighted by Crippen LogP contribution is -2.27. The maximum Gasteiger partial charge on any atom is 0.247 e. The number of rotatable bonds is 4. The van der Waals surface area contributed by atoms with Crippen molar-refractivity contribution in [1.82, 2.24) is 5.01 Å². The molecule has 140 valence electrons. The monoisotopic (exact) mass is 388 g/mol. The van der Waals surface area contributed by atoms with Crippen molar-refractivity contribution in [1.29, 1.82) is 0 Å². The van der Waals surface area contributed by atoms with Crippen LogP contribution in [0.4, 0.5) is 0 Å². The van der Waals surface area contributed by atoms with Crippen molar-refractivity contribution in [2.75, 3.05) is 6.54 Å². The molecule has 1 aliphatic heterocycles. The van der Waals surface area contributed by atoms with Crippen LogP contribution in [-0.2, 0) is 11.2 Å². The number of amides is 1. The van der Waals surface area contributed by atoms with Gasteiger partial charge in [0.2, 0.25) is 5.91 Å². The molecule has 3 nitrogen and oxygen atoms in total. The summed E-state index contributed by atoms with van der Waals surface area (Å²) < 4.78 is 0. The third-order valence-corrected chi connectivity index (χ3v) is 5.27. The number of hydrogen-bond acceptors (Lipinski definition) is 2. The van der Waals surface area contributed by atoms with Gasteiger partial charge >= 0.3 is 0 Å². The van der Waals surface area contributed by atoms with Gasteiger partial charge in [0.05, 0.1) is 18.7 Å². The Labute approximate surface area is 170 Å². The second-order valence-corrected chi connectivity index (χ2v) is 7.53. The summed E-state index contributed by atoms with van der Waals surface area (Å²) in [6.07, 6.45) is 0.346. The molecule has 0 N–H and O–H groups in total. The van der Waals surface area contributed by atoms with Gasteiger partial charge in [0.25, 0.3) is 0 Å². The molecule has 4 rings (SSSR count). The van der Waals surface area contributed by atoms with E-state index in [0.717, 1.165) is 22.4 Å². The van der Waals surface area contributed by atoms with E-state index in [2.05, 4.69) is 12.1 Å². The van der Waals surface area contributed by atoms with Gasteiger partial charge in [0.1, 0.15) is 0 Å². The molecule has 0 saturated carbocycles. The summed E-state index contributed by atoms with van der Waals surface area (Å²) >= 11 is 6.05. The van der Waals surface area contributed by atoms with E-state index in [9.17, 15) is 4.79 Å². The number of nitrogens with zero attached hydrogens (tertiary/aromatic N) is 2. The van der Waals surface area contributed by atoms with Crippen LogP contribution in [-0.4, -0.2) is 23.2 Å². The minimum Gasteiger partial charge on any atom is -0.273 e. The van der Waals surface area contributed by atoms with Gasteiger partial charge in [-0.25, -0.2) is 5.01 Å². The molecule has 0 saturated heterocycles. The number of benzene rings is 3. The first-order chi connectivity index (χ1) is 13.6. The topological polar surface area (TPSA) is 32.7 Å². The molecule has 0 aromatic heterocycles. The summed E-state index contributed by atoms with van der Waals surface area (Å²) in [6.45, 7) is 2.59. The minimum atomic E-state index is 0.00810. The molecule has 0 bridgehead atoms. The van der Waals surface area contributed by atoms with Gasteiger partial charge in [-0.1, -0.05) is 83.9 Å². The molecular weight excluding hydrogens is 368 g/mol. The van der Waals surface area contributed by atoms with Gasteiger partial charge in [0, 0.05) is 10.9 Å². The quantitative estimate of drug-likeness (QED) is 0.603. The first-order valence-corrected chi connectivity index (χ1v) is 9.73. The van der Waals surface area contributed by atoms with E-state index in [4.69, 9.17) is 16.7 Å². The molecular formula is C24H21ClN2O. The zero-order valence-electron chi connectivity index (χ0n) is 15.7. The summed E-state index contributed by atoms with van der Waals surface area (Å²) in [5.41, 5.74) is 5.23. The fourth-order valence-electron chi connectivity index (χ4n) is 3.46. The normalized spacial score (nSPS) is 16.1. The molecule has 0 spiro atoms. The maximum absolute atomic E-state index is 12.9. The molecule has 0 fully saturated rings. The zero-order valence-corrected chi connectivity index (χ0v) is 16.4. The van der Waals surface area contributed by atoms with E-state index >= 15 is 0 Å². The van der Waals surface area contributed by atoms with E-state index < -0.39 is 0 Å². The van der Waals surface area contributed by atoms with Gasteiger partial charge < -0.3 is 0 Å². The lowest BCUT2D eigenvalue weighted by Gasteiger charge is -2.15. The highest BCUT2D eigenvalue weighted by molar-refractivity contribution is 6.30. The Morgan fingerprint density at radius 3 is 2.36 bits per heavy atom. The molecule has 1 atom stereocenters. The van der Waals surface area contributed by atoms with Crippen LogP contribution in [0.5, 0.6) is 0 Å². The van der Waals surface area contributed by atoms with E-state index in [1.54, 1.807) is 5.01 Å². The van der Waals surface area contributed by atoms with E-state index in [1.807, 2.05) is 73.7 Å². The molecule has 3 aromatic rings. The average Bonchev–Trinajstić information content (AvgIpc) is 3.16. The summed E-state index contributed by atoms with van der Waals surface area (Å²) in [7, 11) is 0. The highest BCUT2D eigenvalue weighted by Crippen LogP contribution is 2.29. The lowest BCUT2D eigenvalue weighted by molar-refractivity contribution is -0.130. The molecule has 3 aromatic carbocycles. The Hall–Kier alpha value is -2.91. The number of aryl methyl sites for hydroxylation is 1. The predicted octanol–water partition coefficient (Wildman–Crippen LogP) is 5.22. The molecule has 1 aliphatic rings. The Kier molecular flexibility index (Phi) is 5.27. The van der Waals surface area contributed by atoms with Crippen LogP contribution in [0, 0.1) is 6.92 Å². The summed E-state index contributed by atoms with van der Waals surface area (Å²) in [4.78, 5) is 12.9. The minimum absolute atomic E-state index is 0.00810. The Bertz CT molecular complexity index is 995. The van der Waals surface area contributed by atoms with Crippen LogP contribution < -0.4 is 0 Å². The Balaban J connectivity index is 1.62. The molecule has 28 heavy (non-hydrogen) atoms. The molecule has 0 unspecified atom stereocenters. The second-order valence-electron chi connectivity index (χ2n) is 7.09. The molecule has 0 radical (unpaired) electrons. The standard InChI is InChI=1S/C24H21ClN2O/c1-17-7-9-18(10-8-17)15-23(28)27-16-22(19-5-3-2-4-6-19)24(26-27)20-11-13-21(25)14-12-20/h2-14,22H,15-16H2,1H3/t22-/m0/s1. The number of halogens is 1. The Morgan fingerprint density at radius 1 is 1.00 bits per heavy atom. The van der Waals surface area contributed by atoms with Gasteiger partial charge in [-0.2, -0.15) is 5.10 Å². The number of carbonyl (C=O) groups is 1. The number of hydrogen-bond donors (Lipinski definition) is 0. The van der Waals surface area contributed by atoms with E-state index in [1.165, 1.54) is 5.56 Å². The first kappa shape index (κ1) is 18.5. The Morgan fingerprint density at radius 2 is 1.68 bits per heavy atom. The van der Waals surface area contributed by atoms with Crippen LogP contribution in [0.2, 0.25) is 5.02 Å².